The summed E-state index contributed by atoms with van der Waals surface area (Å²) in [6.07, 6.45) is -6.74. The van der Waals surface area contributed by atoms with Gasteiger partial charge < -0.3 is 14.4 Å². The highest BCUT2D eigenvalue weighted by atomic mass is 19.4. The molecule has 2 aromatic carbocycles. The third-order valence-corrected chi connectivity index (χ3v) is 6.31. The van der Waals surface area contributed by atoms with Crippen LogP contribution in [0.5, 0.6) is 5.75 Å². The SMILES string of the molecule is COc1cccc2c1n(Cc1ccccc1C(F)(F)F)c(=O)n2C1CCN(C(=O)OC(C)(C)C)CC1F. The number of nitrogens with zero attached hydrogens (tertiary/aromatic N) is 3. The van der Waals surface area contributed by atoms with Crippen LogP contribution in [0.1, 0.15) is 44.4 Å². The van der Waals surface area contributed by atoms with Gasteiger partial charge in [0.25, 0.3) is 0 Å². The fourth-order valence-corrected chi connectivity index (χ4v) is 4.72. The van der Waals surface area contributed by atoms with Crippen molar-refractivity contribution in [3.8, 4) is 5.75 Å². The molecule has 0 radical (unpaired) electrons. The van der Waals surface area contributed by atoms with Crippen molar-refractivity contribution in [3.05, 3.63) is 64.1 Å². The van der Waals surface area contributed by atoms with Crippen molar-refractivity contribution in [2.75, 3.05) is 20.2 Å². The van der Waals surface area contributed by atoms with Crippen LogP contribution in [0.15, 0.2) is 47.3 Å². The van der Waals surface area contributed by atoms with Gasteiger partial charge in [0.1, 0.15) is 23.0 Å². The number of methoxy groups -OCH3 is 1. The van der Waals surface area contributed by atoms with E-state index in [4.69, 9.17) is 9.47 Å². The van der Waals surface area contributed by atoms with Gasteiger partial charge >= 0.3 is 18.0 Å². The van der Waals surface area contributed by atoms with Crippen LogP contribution in [0.3, 0.4) is 0 Å². The van der Waals surface area contributed by atoms with E-state index in [0.717, 1.165) is 6.07 Å². The Balaban J connectivity index is 1.76. The molecule has 1 amide bonds. The Morgan fingerprint density at radius 1 is 1.08 bits per heavy atom. The first kappa shape index (κ1) is 26.6. The molecule has 0 bridgehead atoms. The molecule has 0 spiro atoms. The van der Waals surface area contributed by atoms with Crippen molar-refractivity contribution >= 4 is 17.1 Å². The van der Waals surface area contributed by atoms with Gasteiger partial charge in [-0.1, -0.05) is 24.3 Å². The van der Waals surface area contributed by atoms with Crippen molar-refractivity contribution in [1.29, 1.82) is 0 Å². The first-order chi connectivity index (χ1) is 17.3. The molecular weight excluding hydrogens is 494 g/mol. The maximum atomic E-state index is 15.5. The van der Waals surface area contributed by atoms with Crippen molar-refractivity contribution < 1.29 is 31.8 Å². The van der Waals surface area contributed by atoms with E-state index in [1.807, 2.05) is 0 Å². The summed E-state index contributed by atoms with van der Waals surface area (Å²) in [7, 11) is 1.39. The molecule has 1 aliphatic rings. The Morgan fingerprint density at radius 2 is 1.78 bits per heavy atom. The summed E-state index contributed by atoms with van der Waals surface area (Å²) in [5.74, 6) is 0.277. The number of aromatic nitrogens is 2. The number of carbonyl (C=O) groups is 1. The standard InChI is InChI=1S/C26H29F4N3O4/c1-25(2,3)37-24(35)31-13-12-19(18(27)15-31)33-20-10-7-11-21(36-4)22(20)32(23(33)34)14-16-8-5-6-9-17(16)26(28,29)30/h5-11,18-19H,12-15H2,1-4H3. The molecule has 2 unspecified atom stereocenters. The lowest BCUT2D eigenvalue weighted by molar-refractivity contribution is -0.138. The van der Waals surface area contributed by atoms with Crippen LogP contribution in [0.2, 0.25) is 0 Å². The summed E-state index contributed by atoms with van der Waals surface area (Å²) in [5.41, 5.74) is -1.74. The van der Waals surface area contributed by atoms with Gasteiger partial charge in [-0.2, -0.15) is 13.2 Å². The number of fused-ring (bicyclic) bond motifs is 1. The number of ether oxygens (including phenoxy) is 2. The highest BCUT2D eigenvalue weighted by Crippen LogP contribution is 2.35. The second kappa shape index (κ2) is 9.75. The van der Waals surface area contributed by atoms with Crippen molar-refractivity contribution in [2.45, 2.75) is 57.7 Å². The third kappa shape index (κ3) is 5.30. The van der Waals surface area contributed by atoms with Crippen LogP contribution in [-0.2, 0) is 17.5 Å². The van der Waals surface area contributed by atoms with E-state index in [0.29, 0.717) is 5.52 Å². The zero-order valence-electron chi connectivity index (χ0n) is 21.0. The number of hydrogen-bond acceptors (Lipinski definition) is 4. The largest absolute Gasteiger partial charge is 0.494 e. The fourth-order valence-electron chi connectivity index (χ4n) is 4.72. The van der Waals surface area contributed by atoms with Crippen LogP contribution < -0.4 is 10.4 Å². The number of amides is 1. The molecule has 1 fully saturated rings. The Hall–Kier alpha value is -3.50. The number of imidazole rings is 1. The van der Waals surface area contributed by atoms with E-state index >= 15 is 4.39 Å². The van der Waals surface area contributed by atoms with Gasteiger partial charge in [-0.15, -0.1) is 0 Å². The minimum absolute atomic E-state index is 0.0985. The third-order valence-electron chi connectivity index (χ3n) is 6.31. The normalized spacial score (nSPS) is 18.8. The topological polar surface area (TPSA) is 65.7 Å². The van der Waals surface area contributed by atoms with E-state index in [-0.39, 0.29) is 42.9 Å². The Morgan fingerprint density at radius 3 is 2.41 bits per heavy atom. The molecule has 200 valence electrons. The van der Waals surface area contributed by atoms with Gasteiger partial charge in [-0.05, 0) is 51.0 Å². The lowest BCUT2D eigenvalue weighted by Gasteiger charge is -2.36. The summed E-state index contributed by atoms with van der Waals surface area (Å²) in [5, 5.41) is 0. The molecule has 2 heterocycles. The zero-order chi connectivity index (χ0) is 27.1. The lowest BCUT2D eigenvalue weighted by Crippen LogP contribution is -2.48. The maximum absolute atomic E-state index is 15.5. The van der Waals surface area contributed by atoms with E-state index in [9.17, 15) is 22.8 Å². The van der Waals surface area contributed by atoms with Crippen molar-refractivity contribution in [2.24, 2.45) is 0 Å². The molecule has 1 saturated heterocycles. The van der Waals surface area contributed by atoms with Crippen LogP contribution in [0.25, 0.3) is 11.0 Å². The van der Waals surface area contributed by atoms with E-state index in [1.54, 1.807) is 39.0 Å². The van der Waals surface area contributed by atoms with Gasteiger partial charge in [-0.3, -0.25) is 9.13 Å². The lowest BCUT2D eigenvalue weighted by atomic mass is 10.0. The monoisotopic (exact) mass is 523 g/mol. The van der Waals surface area contributed by atoms with Crippen LogP contribution in [0.4, 0.5) is 22.4 Å². The first-order valence-corrected chi connectivity index (χ1v) is 11.9. The molecule has 1 aliphatic heterocycles. The second-order valence-electron chi connectivity index (χ2n) is 10.0. The van der Waals surface area contributed by atoms with E-state index < -0.39 is 41.3 Å². The molecule has 1 aromatic heterocycles. The van der Waals surface area contributed by atoms with Gasteiger partial charge in [0, 0.05) is 6.54 Å². The Labute approximate surface area is 211 Å². The molecule has 0 aliphatic carbocycles. The van der Waals surface area contributed by atoms with E-state index in [1.165, 1.54) is 39.3 Å². The molecule has 0 saturated carbocycles. The summed E-state index contributed by atoms with van der Waals surface area (Å²) in [4.78, 5) is 27.4. The molecule has 7 nitrogen and oxygen atoms in total. The van der Waals surface area contributed by atoms with Crippen molar-refractivity contribution in [1.82, 2.24) is 14.0 Å². The minimum atomic E-state index is -4.61. The van der Waals surface area contributed by atoms with Gasteiger partial charge in [-0.25, -0.2) is 14.0 Å². The van der Waals surface area contributed by atoms with E-state index in [2.05, 4.69) is 0 Å². The summed E-state index contributed by atoms with van der Waals surface area (Å²) >= 11 is 0. The highest BCUT2D eigenvalue weighted by Gasteiger charge is 2.38. The van der Waals surface area contributed by atoms with Crippen LogP contribution in [-0.4, -0.2) is 52.1 Å². The molecule has 0 N–H and O–H groups in total. The molecule has 4 rings (SSSR count). The predicted octanol–water partition coefficient (Wildman–Crippen LogP) is 5.40. The number of likely N-dealkylation sites (tertiary alicyclic amines) is 1. The van der Waals surface area contributed by atoms with Crippen LogP contribution in [0, 0.1) is 0 Å². The molecule has 2 atom stereocenters. The number of alkyl halides is 4. The van der Waals surface area contributed by atoms with Gasteiger partial charge in [0.05, 0.1) is 37.3 Å². The molecule has 3 aromatic rings. The Bertz CT molecular complexity index is 1360. The molecule has 37 heavy (non-hydrogen) atoms. The smallest absolute Gasteiger partial charge is 0.416 e. The predicted molar refractivity (Wildman–Crippen MR) is 130 cm³/mol. The van der Waals surface area contributed by atoms with Gasteiger partial charge in [0.2, 0.25) is 0 Å². The molecule has 11 heteroatoms. The Kier molecular flexibility index (Phi) is 7.00. The summed E-state index contributed by atoms with van der Waals surface area (Å²) in [6.45, 7) is 4.63. The number of benzene rings is 2. The number of hydrogen-bond donors (Lipinski definition) is 0. The quantitative estimate of drug-likeness (QED) is 0.430. The summed E-state index contributed by atoms with van der Waals surface area (Å²) < 4.78 is 69.7. The first-order valence-electron chi connectivity index (χ1n) is 11.9. The molecular formula is C26H29F4N3O4. The second-order valence-corrected chi connectivity index (χ2v) is 10.0. The maximum Gasteiger partial charge on any atom is 0.416 e. The number of piperidine rings is 1. The number of carbonyl (C=O) groups excluding carboxylic acids is 1. The van der Waals surface area contributed by atoms with Crippen LogP contribution >= 0.6 is 0 Å². The average Bonchev–Trinajstić information content (AvgIpc) is 3.09. The average molecular weight is 524 g/mol. The number of rotatable bonds is 4. The van der Waals surface area contributed by atoms with Gasteiger partial charge in [0.15, 0.2) is 0 Å². The highest BCUT2D eigenvalue weighted by molar-refractivity contribution is 5.83. The zero-order valence-corrected chi connectivity index (χ0v) is 21.0. The van der Waals surface area contributed by atoms with Crippen molar-refractivity contribution in [3.63, 3.8) is 0 Å². The minimum Gasteiger partial charge on any atom is -0.494 e. The number of para-hydroxylation sites is 1. The summed E-state index contributed by atoms with van der Waals surface area (Å²) in [6, 6.07) is 8.93. The number of halogens is 4. The fraction of sp³-hybridized carbons (Fsp3) is 0.462.